The number of halogens is 2. The molecule has 2 N–H and O–H groups in total. The first kappa shape index (κ1) is 16.9. The average Bonchev–Trinajstić information content (AvgIpc) is 2.40. The predicted octanol–water partition coefficient (Wildman–Crippen LogP) is 2.39. The van der Waals surface area contributed by atoms with E-state index in [1.54, 1.807) is 32.0 Å². The highest BCUT2D eigenvalue weighted by atomic mass is 35.5. The van der Waals surface area contributed by atoms with Gasteiger partial charge < -0.3 is 10.6 Å². The van der Waals surface area contributed by atoms with Crippen LogP contribution in [0.5, 0.6) is 0 Å². The summed E-state index contributed by atoms with van der Waals surface area (Å²) >= 11 is 0. The third kappa shape index (κ3) is 3.70. The van der Waals surface area contributed by atoms with Crippen LogP contribution in [0.2, 0.25) is 0 Å². The predicted molar refractivity (Wildman–Crippen MR) is 80.7 cm³/mol. The van der Waals surface area contributed by atoms with Crippen molar-refractivity contribution in [2.24, 2.45) is 0 Å². The van der Waals surface area contributed by atoms with Crippen LogP contribution in [-0.2, 0) is 10.2 Å². The Labute approximate surface area is 125 Å². The molecule has 1 saturated heterocycles. The molecule has 0 radical (unpaired) electrons. The second kappa shape index (κ2) is 7.04. The van der Waals surface area contributed by atoms with Crippen molar-refractivity contribution in [2.45, 2.75) is 38.1 Å². The van der Waals surface area contributed by atoms with E-state index in [0.29, 0.717) is 5.56 Å². The summed E-state index contributed by atoms with van der Waals surface area (Å²) in [7, 11) is 0. The quantitative estimate of drug-likeness (QED) is 0.900. The van der Waals surface area contributed by atoms with E-state index in [4.69, 9.17) is 0 Å². The zero-order valence-corrected chi connectivity index (χ0v) is 12.7. The molecule has 20 heavy (non-hydrogen) atoms. The molecule has 0 bridgehead atoms. The molecule has 112 valence electrons. The maximum absolute atomic E-state index is 13.8. The van der Waals surface area contributed by atoms with Gasteiger partial charge in [0.1, 0.15) is 5.82 Å². The lowest BCUT2D eigenvalue weighted by molar-refractivity contribution is -0.126. The Kier molecular flexibility index (Phi) is 5.96. The molecule has 1 aromatic carbocycles. The van der Waals surface area contributed by atoms with Crippen LogP contribution < -0.4 is 10.6 Å². The molecule has 1 fully saturated rings. The number of rotatable bonds is 3. The molecule has 3 nitrogen and oxygen atoms in total. The summed E-state index contributed by atoms with van der Waals surface area (Å²) in [6.45, 7) is 5.37. The maximum Gasteiger partial charge on any atom is 0.230 e. The van der Waals surface area contributed by atoms with E-state index in [-0.39, 0.29) is 30.2 Å². The largest absolute Gasteiger partial charge is 0.353 e. The van der Waals surface area contributed by atoms with Crippen LogP contribution in [0.3, 0.4) is 0 Å². The van der Waals surface area contributed by atoms with Crippen molar-refractivity contribution in [1.82, 2.24) is 10.6 Å². The molecule has 0 saturated carbocycles. The van der Waals surface area contributed by atoms with Crippen LogP contribution in [0, 0.1) is 5.82 Å². The standard InChI is InChI=1S/C15H21FN2O.ClH/c1-15(2,12-5-3-4-6-13(12)16)14(19)18-11-7-9-17-10-8-11;/h3-6,11,17H,7-10H2,1-2H3,(H,18,19);1H. The minimum Gasteiger partial charge on any atom is -0.353 e. The molecular weight excluding hydrogens is 279 g/mol. The van der Waals surface area contributed by atoms with Crippen LogP contribution in [0.4, 0.5) is 4.39 Å². The Morgan fingerprint density at radius 2 is 1.90 bits per heavy atom. The minimum absolute atomic E-state index is 0. The molecule has 2 rings (SSSR count). The Morgan fingerprint density at radius 3 is 2.50 bits per heavy atom. The van der Waals surface area contributed by atoms with Crippen molar-refractivity contribution in [3.05, 3.63) is 35.6 Å². The number of amides is 1. The lowest BCUT2D eigenvalue weighted by atomic mass is 9.83. The van der Waals surface area contributed by atoms with Crippen LogP contribution in [0.25, 0.3) is 0 Å². The van der Waals surface area contributed by atoms with E-state index in [1.807, 2.05) is 0 Å². The number of hydrogen-bond donors (Lipinski definition) is 2. The number of carbonyl (C=O) groups is 1. The normalized spacial score (nSPS) is 16.4. The molecule has 1 aliphatic heterocycles. The summed E-state index contributed by atoms with van der Waals surface area (Å²) in [4.78, 5) is 12.4. The second-order valence-electron chi connectivity index (χ2n) is 5.60. The molecule has 1 amide bonds. The Balaban J connectivity index is 0.00000200. The fraction of sp³-hybridized carbons (Fsp3) is 0.533. The van der Waals surface area contributed by atoms with Crippen LogP contribution in [-0.4, -0.2) is 25.0 Å². The molecule has 0 aliphatic carbocycles. The average molecular weight is 301 g/mol. The molecule has 1 heterocycles. The van der Waals surface area contributed by atoms with Crippen molar-refractivity contribution in [1.29, 1.82) is 0 Å². The molecule has 5 heteroatoms. The Bertz CT molecular complexity index is 459. The van der Waals surface area contributed by atoms with Gasteiger partial charge in [0.05, 0.1) is 5.41 Å². The number of nitrogens with one attached hydrogen (secondary N) is 2. The Morgan fingerprint density at radius 1 is 1.30 bits per heavy atom. The van der Waals surface area contributed by atoms with Gasteiger partial charge in [0.15, 0.2) is 0 Å². The van der Waals surface area contributed by atoms with Crippen molar-refractivity contribution in [3.8, 4) is 0 Å². The monoisotopic (exact) mass is 300 g/mol. The SMILES string of the molecule is CC(C)(C(=O)NC1CCNCC1)c1ccccc1F.Cl. The smallest absolute Gasteiger partial charge is 0.230 e. The number of hydrogen-bond acceptors (Lipinski definition) is 2. The summed E-state index contributed by atoms with van der Waals surface area (Å²) in [6.07, 6.45) is 1.86. The summed E-state index contributed by atoms with van der Waals surface area (Å²) in [5, 5.41) is 6.30. The summed E-state index contributed by atoms with van der Waals surface area (Å²) < 4.78 is 13.8. The molecule has 0 atom stereocenters. The minimum atomic E-state index is -0.851. The van der Waals surface area contributed by atoms with Crippen molar-refractivity contribution in [3.63, 3.8) is 0 Å². The maximum atomic E-state index is 13.8. The van der Waals surface area contributed by atoms with Gasteiger partial charge in [-0.1, -0.05) is 18.2 Å². The van der Waals surface area contributed by atoms with E-state index < -0.39 is 5.41 Å². The summed E-state index contributed by atoms with van der Waals surface area (Å²) in [5.41, 5.74) is -0.405. The fourth-order valence-electron chi connectivity index (χ4n) is 2.42. The number of benzene rings is 1. The highest BCUT2D eigenvalue weighted by Crippen LogP contribution is 2.26. The molecule has 0 unspecified atom stereocenters. The van der Waals surface area contributed by atoms with Gasteiger partial charge in [0.25, 0.3) is 0 Å². The van der Waals surface area contributed by atoms with E-state index in [9.17, 15) is 9.18 Å². The van der Waals surface area contributed by atoms with Gasteiger partial charge in [-0.2, -0.15) is 0 Å². The summed E-state index contributed by atoms with van der Waals surface area (Å²) in [6, 6.07) is 6.67. The molecule has 1 aromatic rings. The first-order valence-electron chi connectivity index (χ1n) is 6.78. The van der Waals surface area contributed by atoms with Gasteiger partial charge in [-0.25, -0.2) is 4.39 Å². The van der Waals surface area contributed by atoms with Gasteiger partial charge in [-0.3, -0.25) is 4.79 Å². The molecular formula is C15H22ClFN2O. The van der Waals surface area contributed by atoms with Gasteiger partial charge in [0.2, 0.25) is 5.91 Å². The fourth-order valence-corrected chi connectivity index (χ4v) is 2.42. The van der Waals surface area contributed by atoms with Crippen LogP contribution in [0.15, 0.2) is 24.3 Å². The second-order valence-corrected chi connectivity index (χ2v) is 5.60. The molecule has 1 aliphatic rings. The molecule has 0 spiro atoms. The zero-order chi connectivity index (χ0) is 13.9. The van der Waals surface area contributed by atoms with Gasteiger partial charge in [-0.05, 0) is 45.8 Å². The highest BCUT2D eigenvalue weighted by Gasteiger charge is 2.33. The Hall–Kier alpha value is -1.13. The van der Waals surface area contributed by atoms with Gasteiger partial charge in [-0.15, -0.1) is 12.4 Å². The van der Waals surface area contributed by atoms with Crippen molar-refractivity contribution in [2.75, 3.05) is 13.1 Å². The highest BCUT2D eigenvalue weighted by molar-refractivity contribution is 5.87. The third-order valence-corrected chi connectivity index (χ3v) is 3.79. The van der Waals surface area contributed by atoms with E-state index in [0.717, 1.165) is 25.9 Å². The van der Waals surface area contributed by atoms with E-state index >= 15 is 0 Å². The third-order valence-electron chi connectivity index (χ3n) is 3.79. The topological polar surface area (TPSA) is 41.1 Å². The number of carbonyl (C=O) groups excluding carboxylic acids is 1. The van der Waals surface area contributed by atoms with Gasteiger partial charge in [0, 0.05) is 11.6 Å². The lowest BCUT2D eigenvalue weighted by Gasteiger charge is -2.30. The first-order valence-corrected chi connectivity index (χ1v) is 6.78. The molecule has 0 aromatic heterocycles. The first-order chi connectivity index (χ1) is 9.01. The van der Waals surface area contributed by atoms with E-state index in [1.165, 1.54) is 6.07 Å². The van der Waals surface area contributed by atoms with E-state index in [2.05, 4.69) is 10.6 Å². The summed E-state index contributed by atoms with van der Waals surface area (Å²) in [5.74, 6) is -0.433. The van der Waals surface area contributed by atoms with Crippen molar-refractivity contribution >= 4 is 18.3 Å². The van der Waals surface area contributed by atoms with Crippen LogP contribution in [0.1, 0.15) is 32.3 Å². The zero-order valence-electron chi connectivity index (χ0n) is 11.9. The van der Waals surface area contributed by atoms with Gasteiger partial charge >= 0.3 is 0 Å². The lowest BCUT2D eigenvalue weighted by Crippen LogP contribution is -2.49. The van der Waals surface area contributed by atoms with Crippen LogP contribution >= 0.6 is 12.4 Å². The number of piperidine rings is 1. The van der Waals surface area contributed by atoms with Crippen molar-refractivity contribution < 1.29 is 9.18 Å².